The molecule has 3 aromatic rings. The molecule has 110 valence electrons. The number of hydrogen-bond donors (Lipinski definition) is 0. The summed E-state index contributed by atoms with van der Waals surface area (Å²) in [6.07, 6.45) is 0. The summed E-state index contributed by atoms with van der Waals surface area (Å²) in [6.45, 7) is -0.0921. The van der Waals surface area contributed by atoms with Crippen molar-refractivity contribution in [2.75, 3.05) is 0 Å². The number of nitrogens with zero attached hydrogens (tertiary/aromatic N) is 2. The van der Waals surface area contributed by atoms with Gasteiger partial charge in [-0.05, 0) is 24.3 Å². The SMILES string of the molecule is O=C(OCc1nc(-c2ccccc2Cl)no1)c1ccccc1. The second-order valence-corrected chi connectivity index (χ2v) is 4.84. The molecule has 0 saturated heterocycles. The summed E-state index contributed by atoms with van der Waals surface area (Å²) in [5, 5.41) is 4.36. The minimum absolute atomic E-state index is 0.0921. The van der Waals surface area contributed by atoms with Gasteiger partial charge in [0, 0.05) is 5.56 Å². The van der Waals surface area contributed by atoms with E-state index in [-0.39, 0.29) is 12.5 Å². The van der Waals surface area contributed by atoms with Gasteiger partial charge in [0.15, 0.2) is 6.61 Å². The highest BCUT2D eigenvalue weighted by Gasteiger charge is 2.13. The Morgan fingerprint density at radius 2 is 1.82 bits per heavy atom. The molecule has 5 nitrogen and oxygen atoms in total. The van der Waals surface area contributed by atoms with Crippen LogP contribution in [0.4, 0.5) is 0 Å². The smallest absolute Gasteiger partial charge is 0.338 e. The predicted octanol–water partition coefficient (Wildman–Crippen LogP) is 3.75. The molecular weight excluding hydrogens is 304 g/mol. The quantitative estimate of drug-likeness (QED) is 0.686. The van der Waals surface area contributed by atoms with E-state index in [1.165, 1.54) is 0 Å². The number of ether oxygens (including phenoxy) is 1. The zero-order valence-electron chi connectivity index (χ0n) is 11.4. The normalized spacial score (nSPS) is 10.4. The van der Waals surface area contributed by atoms with Crippen LogP contribution in [0.15, 0.2) is 59.1 Å². The Hall–Kier alpha value is -2.66. The van der Waals surface area contributed by atoms with Crippen LogP contribution in [0.1, 0.15) is 16.2 Å². The van der Waals surface area contributed by atoms with Crippen LogP contribution in [0.5, 0.6) is 0 Å². The van der Waals surface area contributed by atoms with Crippen LogP contribution in [0.2, 0.25) is 5.02 Å². The van der Waals surface area contributed by atoms with E-state index in [0.717, 1.165) is 0 Å². The third kappa shape index (κ3) is 3.15. The topological polar surface area (TPSA) is 65.2 Å². The van der Waals surface area contributed by atoms with Crippen LogP contribution in [-0.4, -0.2) is 16.1 Å². The van der Waals surface area contributed by atoms with Crippen LogP contribution in [0.3, 0.4) is 0 Å². The fourth-order valence-electron chi connectivity index (χ4n) is 1.85. The van der Waals surface area contributed by atoms with Crippen LogP contribution < -0.4 is 0 Å². The Kier molecular flexibility index (Phi) is 4.16. The van der Waals surface area contributed by atoms with Crippen molar-refractivity contribution in [2.45, 2.75) is 6.61 Å². The summed E-state index contributed by atoms with van der Waals surface area (Å²) in [5.41, 5.74) is 1.13. The molecule has 0 bridgehead atoms. The maximum atomic E-state index is 11.8. The average Bonchev–Trinajstić information content (AvgIpc) is 3.02. The highest BCUT2D eigenvalue weighted by Crippen LogP contribution is 2.24. The molecule has 0 N–H and O–H groups in total. The van der Waals surface area contributed by atoms with E-state index >= 15 is 0 Å². The van der Waals surface area contributed by atoms with Crippen LogP contribution in [-0.2, 0) is 11.3 Å². The van der Waals surface area contributed by atoms with E-state index in [4.69, 9.17) is 20.9 Å². The monoisotopic (exact) mass is 314 g/mol. The van der Waals surface area contributed by atoms with Gasteiger partial charge in [0.1, 0.15) is 0 Å². The lowest BCUT2D eigenvalue weighted by Crippen LogP contribution is -2.05. The maximum absolute atomic E-state index is 11.8. The maximum Gasteiger partial charge on any atom is 0.338 e. The number of halogens is 1. The number of esters is 1. The first kappa shape index (κ1) is 14.3. The highest BCUT2D eigenvalue weighted by atomic mass is 35.5. The molecule has 0 fully saturated rings. The molecule has 0 radical (unpaired) electrons. The van der Waals surface area contributed by atoms with E-state index in [9.17, 15) is 4.79 Å². The molecule has 0 amide bonds. The summed E-state index contributed by atoms with van der Waals surface area (Å²) in [4.78, 5) is 16.0. The lowest BCUT2D eigenvalue weighted by atomic mass is 10.2. The van der Waals surface area contributed by atoms with Crippen molar-refractivity contribution in [1.82, 2.24) is 10.1 Å². The van der Waals surface area contributed by atoms with E-state index in [0.29, 0.717) is 22.0 Å². The van der Waals surface area contributed by atoms with Gasteiger partial charge in [0.2, 0.25) is 5.82 Å². The van der Waals surface area contributed by atoms with Crippen molar-refractivity contribution in [3.63, 3.8) is 0 Å². The van der Waals surface area contributed by atoms with Gasteiger partial charge in [0.05, 0.1) is 10.6 Å². The average molecular weight is 315 g/mol. The molecule has 3 rings (SSSR count). The Balaban J connectivity index is 1.68. The molecule has 0 aliphatic heterocycles. The molecular formula is C16H11ClN2O3. The fourth-order valence-corrected chi connectivity index (χ4v) is 2.07. The summed E-state index contributed by atoms with van der Waals surface area (Å²) < 4.78 is 10.2. The van der Waals surface area contributed by atoms with Crippen molar-refractivity contribution in [3.05, 3.63) is 71.1 Å². The van der Waals surface area contributed by atoms with Crippen molar-refractivity contribution < 1.29 is 14.1 Å². The van der Waals surface area contributed by atoms with Crippen molar-refractivity contribution in [3.8, 4) is 11.4 Å². The predicted molar refractivity (Wildman–Crippen MR) is 80.3 cm³/mol. The number of aromatic nitrogens is 2. The Bertz CT molecular complexity index is 787. The minimum atomic E-state index is -0.446. The number of carbonyl (C=O) groups excluding carboxylic acids is 1. The molecule has 0 saturated carbocycles. The lowest BCUT2D eigenvalue weighted by Gasteiger charge is -2.00. The standard InChI is InChI=1S/C16H11ClN2O3/c17-13-9-5-4-8-12(13)15-18-14(22-19-15)10-21-16(20)11-6-2-1-3-7-11/h1-9H,10H2. The second-order valence-electron chi connectivity index (χ2n) is 4.43. The molecule has 6 heteroatoms. The third-order valence-electron chi connectivity index (χ3n) is 2.92. The van der Waals surface area contributed by atoms with Gasteiger partial charge in [-0.25, -0.2) is 4.79 Å². The second kappa shape index (κ2) is 6.41. The van der Waals surface area contributed by atoms with Crippen molar-refractivity contribution in [2.24, 2.45) is 0 Å². The molecule has 22 heavy (non-hydrogen) atoms. The molecule has 0 aliphatic carbocycles. The van der Waals surface area contributed by atoms with Gasteiger partial charge in [-0.1, -0.05) is 47.1 Å². The largest absolute Gasteiger partial charge is 0.452 e. The first-order valence-electron chi connectivity index (χ1n) is 6.54. The molecule has 1 aromatic heterocycles. The Morgan fingerprint density at radius 3 is 2.59 bits per heavy atom. The zero-order chi connectivity index (χ0) is 15.4. The molecule has 2 aromatic carbocycles. The van der Waals surface area contributed by atoms with Crippen LogP contribution in [0, 0.1) is 0 Å². The molecule has 0 spiro atoms. The van der Waals surface area contributed by atoms with Gasteiger partial charge in [-0.2, -0.15) is 4.98 Å². The fraction of sp³-hybridized carbons (Fsp3) is 0.0625. The Labute approximate surface area is 131 Å². The summed E-state index contributed by atoms with van der Waals surface area (Å²) >= 11 is 6.07. The van der Waals surface area contributed by atoms with E-state index in [1.807, 2.05) is 18.2 Å². The number of benzene rings is 2. The number of carbonyl (C=O) groups is 1. The highest BCUT2D eigenvalue weighted by molar-refractivity contribution is 6.33. The van der Waals surface area contributed by atoms with Gasteiger partial charge in [0.25, 0.3) is 5.89 Å². The van der Waals surface area contributed by atoms with Crippen LogP contribution in [0.25, 0.3) is 11.4 Å². The van der Waals surface area contributed by atoms with Gasteiger partial charge in [-0.15, -0.1) is 0 Å². The number of hydrogen-bond acceptors (Lipinski definition) is 5. The van der Waals surface area contributed by atoms with Crippen molar-refractivity contribution in [1.29, 1.82) is 0 Å². The van der Waals surface area contributed by atoms with E-state index in [1.54, 1.807) is 36.4 Å². The Morgan fingerprint density at radius 1 is 1.09 bits per heavy atom. The van der Waals surface area contributed by atoms with Crippen LogP contribution >= 0.6 is 11.6 Å². The molecule has 1 heterocycles. The molecule has 0 aliphatic rings. The minimum Gasteiger partial charge on any atom is -0.452 e. The van der Waals surface area contributed by atoms with E-state index in [2.05, 4.69) is 10.1 Å². The first-order valence-corrected chi connectivity index (χ1v) is 6.91. The van der Waals surface area contributed by atoms with Gasteiger partial charge in [-0.3, -0.25) is 0 Å². The summed E-state index contributed by atoms with van der Waals surface area (Å²) in [6, 6.07) is 15.9. The van der Waals surface area contributed by atoms with Crippen molar-refractivity contribution >= 4 is 17.6 Å². The third-order valence-corrected chi connectivity index (χ3v) is 3.25. The van der Waals surface area contributed by atoms with Gasteiger partial charge < -0.3 is 9.26 Å². The first-order chi connectivity index (χ1) is 10.7. The molecule has 0 atom stereocenters. The van der Waals surface area contributed by atoms with E-state index < -0.39 is 5.97 Å². The number of rotatable bonds is 4. The van der Waals surface area contributed by atoms with Gasteiger partial charge >= 0.3 is 5.97 Å². The molecule has 0 unspecified atom stereocenters. The summed E-state index contributed by atoms with van der Waals surface area (Å²) in [5.74, 6) is 0.119. The zero-order valence-corrected chi connectivity index (χ0v) is 12.2. The summed E-state index contributed by atoms with van der Waals surface area (Å²) in [7, 11) is 0. The lowest BCUT2D eigenvalue weighted by molar-refractivity contribution is 0.0430.